The first kappa shape index (κ1) is 17.3. The average molecular weight is 356 g/mol. The van der Waals surface area contributed by atoms with Crippen molar-refractivity contribution in [3.05, 3.63) is 47.5 Å². The van der Waals surface area contributed by atoms with Gasteiger partial charge in [-0.2, -0.15) is 0 Å². The smallest absolute Gasteiger partial charge is 0.394 e. The van der Waals surface area contributed by atoms with E-state index in [1.807, 2.05) is 0 Å². The van der Waals surface area contributed by atoms with E-state index in [9.17, 15) is 14.4 Å². The van der Waals surface area contributed by atoms with Crippen molar-refractivity contribution in [1.82, 2.24) is 0 Å². The van der Waals surface area contributed by atoms with Crippen LogP contribution in [-0.4, -0.2) is 37.1 Å². The predicted molar refractivity (Wildman–Crippen MR) is 92.8 cm³/mol. The van der Waals surface area contributed by atoms with E-state index in [1.165, 1.54) is 20.3 Å². The summed E-state index contributed by atoms with van der Waals surface area (Å²) in [6.45, 7) is 0.358. The van der Waals surface area contributed by atoms with Gasteiger partial charge in [-0.1, -0.05) is 6.07 Å². The Morgan fingerprint density at radius 1 is 1.08 bits per heavy atom. The van der Waals surface area contributed by atoms with Gasteiger partial charge in [-0.25, -0.2) is 4.79 Å². The lowest BCUT2D eigenvalue weighted by Crippen LogP contribution is -2.23. The molecular weight excluding hydrogens is 340 g/mol. The molecule has 134 valence electrons. The molecule has 8 nitrogen and oxygen atoms in total. The van der Waals surface area contributed by atoms with E-state index in [0.29, 0.717) is 29.3 Å². The van der Waals surface area contributed by atoms with Crippen molar-refractivity contribution in [2.24, 2.45) is 0 Å². The fourth-order valence-electron chi connectivity index (χ4n) is 2.76. The van der Waals surface area contributed by atoms with Crippen LogP contribution in [0.5, 0.6) is 11.5 Å². The summed E-state index contributed by atoms with van der Waals surface area (Å²) in [5.41, 5.74) is 2.07. The van der Waals surface area contributed by atoms with Crippen LogP contribution in [0.25, 0.3) is 0 Å². The highest BCUT2D eigenvalue weighted by molar-refractivity contribution is 6.36. The average Bonchev–Trinajstić information content (AvgIpc) is 2.97. The standard InChI is InChI=1S/C18H16N2O6/c1-25-14-6-5-12(8-15(14)26-2)20-9-10-3-4-11(7-13(10)17(20)22)19-16(21)18(23)24/h3-8H,9H2,1-2H3,(H,19,21)(H,23,24). The second-order valence-electron chi connectivity index (χ2n) is 5.56. The quantitative estimate of drug-likeness (QED) is 0.811. The first-order valence-corrected chi connectivity index (χ1v) is 7.65. The maximum atomic E-state index is 12.7. The molecule has 1 aliphatic rings. The highest BCUT2D eigenvalue weighted by Gasteiger charge is 2.29. The number of carboxylic acids is 1. The molecule has 1 aliphatic heterocycles. The van der Waals surface area contributed by atoms with Gasteiger partial charge in [0, 0.05) is 23.0 Å². The molecule has 2 aromatic carbocycles. The number of rotatable bonds is 4. The Hall–Kier alpha value is -3.55. The summed E-state index contributed by atoms with van der Waals surface area (Å²) in [4.78, 5) is 36.2. The number of benzene rings is 2. The van der Waals surface area contributed by atoms with Crippen molar-refractivity contribution in [2.45, 2.75) is 6.54 Å². The summed E-state index contributed by atoms with van der Waals surface area (Å²) < 4.78 is 10.5. The van der Waals surface area contributed by atoms with E-state index in [-0.39, 0.29) is 11.6 Å². The lowest BCUT2D eigenvalue weighted by atomic mass is 10.1. The van der Waals surface area contributed by atoms with Gasteiger partial charge in [0.25, 0.3) is 5.91 Å². The summed E-state index contributed by atoms with van der Waals surface area (Å²) >= 11 is 0. The number of ether oxygens (including phenoxy) is 2. The van der Waals surface area contributed by atoms with Crippen LogP contribution < -0.4 is 19.7 Å². The number of fused-ring (bicyclic) bond motifs is 1. The first-order chi connectivity index (χ1) is 12.4. The lowest BCUT2D eigenvalue weighted by molar-refractivity contribution is -0.147. The minimum absolute atomic E-state index is 0.249. The zero-order valence-electron chi connectivity index (χ0n) is 14.1. The highest BCUT2D eigenvalue weighted by atomic mass is 16.5. The van der Waals surface area contributed by atoms with Gasteiger partial charge in [0.05, 0.1) is 20.8 Å². The van der Waals surface area contributed by atoms with Gasteiger partial charge in [0.1, 0.15) is 0 Å². The van der Waals surface area contributed by atoms with Crippen molar-refractivity contribution in [3.63, 3.8) is 0 Å². The number of carbonyl (C=O) groups excluding carboxylic acids is 2. The fraction of sp³-hybridized carbons (Fsp3) is 0.167. The van der Waals surface area contributed by atoms with Gasteiger partial charge in [-0.05, 0) is 29.8 Å². The monoisotopic (exact) mass is 356 g/mol. The van der Waals surface area contributed by atoms with Crippen LogP contribution >= 0.6 is 0 Å². The molecule has 1 heterocycles. The Morgan fingerprint density at radius 2 is 1.81 bits per heavy atom. The third kappa shape index (κ3) is 3.04. The van der Waals surface area contributed by atoms with Gasteiger partial charge < -0.3 is 24.8 Å². The number of methoxy groups -OCH3 is 2. The molecule has 0 aliphatic carbocycles. The zero-order valence-corrected chi connectivity index (χ0v) is 14.1. The number of nitrogens with one attached hydrogen (secondary N) is 1. The predicted octanol–water partition coefficient (Wildman–Crippen LogP) is 1.89. The molecule has 0 atom stereocenters. The Labute approximate surface area is 148 Å². The van der Waals surface area contributed by atoms with Crippen molar-refractivity contribution >= 4 is 29.2 Å². The largest absolute Gasteiger partial charge is 0.493 e. The zero-order chi connectivity index (χ0) is 18.8. The number of anilines is 2. The van der Waals surface area contributed by atoms with E-state index in [1.54, 1.807) is 35.2 Å². The Kier molecular flexibility index (Phi) is 4.49. The fourth-order valence-corrected chi connectivity index (χ4v) is 2.76. The van der Waals surface area contributed by atoms with Crippen molar-refractivity contribution in [3.8, 4) is 11.5 Å². The number of hydrogen-bond acceptors (Lipinski definition) is 5. The van der Waals surface area contributed by atoms with E-state index in [2.05, 4.69) is 5.32 Å². The van der Waals surface area contributed by atoms with Gasteiger partial charge in [-0.3, -0.25) is 9.59 Å². The number of carbonyl (C=O) groups is 3. The Balaban J connectivity index is 1.88. The normalized spacial score (nSPS) is 12.5. The van der Waals surface area contributed by atoms with Crippen LogP contribution in [0.1, 0.15) is 15.9 Å². The van der Waals surface area contributed by atoms with Crippen molar-refractivity contribution < 1.29 is 29.0 Å². The minimum Gasteiger partial charge on any atom is -0.493 e. The molecule has 26 heavy (non-hydrogen) atoms. The first-order valence-electron chi connectivity index (χ1n) is 7.65. The summed E-state index contributed by atoms with van der Waals surface area (Å²) in [6.07, 6.45) is 0. The van der Waals surface area contributed by atoms with Crippen molar-refractivity contribution in [2.75, 3.05) is 24.4 Å². The van der Waals surface area contributed by atoms with Gasteiger partial charge in [0.2, 0.25) is 0 Å². The highest BCUT2D eigenvalue weighted by Crippen LogP contribution is 2.35. The summed E-state index contributed by atoms with van der Waals surface area (Å²) in [6, 6.07) is 9.88. The van der Waals surface area contributed by atoms with Crippen LogP contribution in [0, 0.1) is 0 Å². The summed E-state index contributed by atoms with van der Waals surface area (Å²) in [5.74, 6) is -1.95. The third-order valence-corrected chi connectivity index (χ3v) is 4.04. The van der Waals surface area contributed by atoms with E-state index < -0.39 is 11.9 Å². The molecule has 0 radical (unpaired) electrons. The van der Waals surface area contributed by atoms with Crippen molar-refractivity contribution in [1.29, 1.82) is 0 Å². The van der Waals surface area contributed by atoms with Gasteiger partial charge in [-0.15, -0.1) is 0 Å². The summed E-state index contributed by atoms with van der Waals surface area (Å²) in [5, 5.41) is 10.9. The van der Waals surface area contributed by atoms with Crippen LogP contribution in [0.4, 0.5) is 11.4 Å². The van der Waals surface area contributed by atoms with Gasteiger partial charge in [0.15, 0.2) is 11.5 Å². The van der Waals surface area contributed by atoms with Gasteiger partial charge >= 0.3 is 11.9 Å². The molecule has 0 unspecified atom stereocenters. The molecule has 2 aromatic rings. The number of carboxylic acid groups (broad SMARTS) is 1. The molecule has 0 saturated carbocycles. The van der Waals surface area contributed by atoms with E-state index >= 15 is 0 Å². The van der Waals surface area contributed by atoms with E-state index in [4.69, 9.17) is 14.6 Å². The van der Waals surface area contributed by atoms with Crippen LogP contribution in [0.15, 0.2) is 36.4 Å². The minimum atomic E-state index is -1.59. The Bertz CT molecular complexity index is 909. The molecular formula is C18H16N2O6. The molecule has 8 heteroatoms. The third-order valence-electron chi connectivity index (χ3n) is 4.04. The second kappa shape index (κ2) is 6.75. The molecule has 0 aromatic heterocycles. The lowest BCUT2D eigenvalue weighted by Gasteiger charge is -2.17. The maximum absolute atomic E-state index is 12.7. The number of hydrogen-bond donors (Lipinski definition) is 2. The molecule has 0 bridgehead atoms. The molecule has 0 saturated heterocycles. The second-order valence-corrected chi connectivity index (χ2v) is 5.56. The molecule has 0 fully saturated rings. The maximum Gasteiger partial charge on any atom is 0.394 e. The number of amides is 2. The molecule has 3 rings (SSSR count). The molecule has 2 N–H and O–H groups in total. The number of aliphatic carboxylic acids is 1. The van der Waals surface area contributed by atoms with Crippen LogP contribution in [0.2, 0.25) is 0 Å². The number of nitrogens with zero attached hydrogens (tertiary/aromatic N) is 1. The van der Waals surface area contributed by atoms with E-state index in [0.717, 1.165) is 5.56 Å². The molecule has 2 amide bonds. The summed E-state index contributed by atoms with van der Waals surface area (Å²) in [7, 11) is 3.04. The van der Waals surface area contributed by atoms with Crippen LogP contribution in [-0.2, 0) is 16.1 Å². The topological polar surface area (TPSA) is 105 Å². The Morgan fingerprint density at radius 3 is 2.46 bits per heavy atom. The molecule has 0 spiro atoms. The SMILES string of the molecule is COc1ccc(N2Cc3ccc(NC(=O)C(=O)O)cc3C2=O)cc1OC. The van der Waals surface area contributed by atoms with Crippen LogP contribution in [0.3, 0.4) is 0 Å².